The molecule has 0 fully saturated rings. The Balaban J connectivity index is 1.75. The summed E-state index contributed by atoms with van der Waals surface area (Å²) in [5, 5.41) is 0.712. The van der Waals surface area contributed by atoms with Gasteiger partial charge in [-0.15, -0.1) is 0 Å². The molecule has 98 valence electrons. The molecule has 7 heteroatoms. The third-order valence-corrected chi connectivity index (χ3v) is 3.51. The van der Waals surface area contributed by atoms with Crippen molar-refractivity contribution >= 4 is 17.5 Å². The minimum absolute atomic E-state index is 0.594. The molecule has 0 atom stereocenters. The number of imidazole rings is 2. The minimum Gasteiger partial charge on any atom is -0.481 e. The van der Waals surface area contributed by atoms with Crippen LogP contribution in [0.1, 0.15) is 11.4 Å². The van der Waals surface area contributed by atoms with E-state index in [1.807, 2.05) is 29.8 Å². The van der Waals surface area contributed by atoms with E-state index in [2.05, 4.69) is 19.9 Å². The minimum atomic E-state index is 0.594. The first-order valence-corrected chi connectivity index (χ1v) is 6.76. The molecule has 3 aromatic heterocycles. The van der Waals surface area contributed by atoms with E-state index in [1.165, 1.54) is 0 Å². The highest BCUT2D eigenvalue weighted by Gasteiger charge is 2.06. The lowest BCUT2D eigenvalue weighted by Crippen LogP contribution is -1.95. The fourth-order valence-electron chi connectivity index (χ4n) is 1.76. The average Bonchev–Trinajstić information content (AvgIpc) is 2.96. The molecule has 0 unspecified atom stereocenters. The number of fused-ring (bicyclic) bond motifs is 1. The van der Waals surface area contributed by atoms with E-state index in [1.54, 1.807) is 25.1 Å². The second-order valence-corrected chi connectivity index (χ2v) is 5.00. The van der Waals surface area contributed by atoms with Gasteiger partial charge in [0.15, 0.2) is 5.16 Å². The molecule has 0 spiro atoms. The Morgan fingerprint density at radius 3 is 3.11 bits per heavy atom. The largest absolute Gasteiger partial charge is 0.481 e. The number of thioether (sulfide) groups is 1. The molecule has 3 rings (SSSR count). The van der Waals surface area contributed by atoms with Gasteiger partial charge in [0.2, 0.25) is 11.7 Å². The monoisotopic (exact) mass is 275 g/mol. The summed E-state index contributed by atoms with van der Waals surface area (Å²) in [6, 6.07) is 1.81. The van der Waals surface area contributed by atoms with Crippen molar-refractivity contribution in [1.29, 1.82) is 0 Å². The number of aromatic nitrogens is 5. The predicted octanol–water partition coefficient (Wildman–Crippen LogP) is 2.06. The van der Waals surface area contributed by atoms with Gasteiger partial charge in [-0.1, -0.05) is 11.8 Å². The molecule has 3 heterocycles. The fourth-order valence-corrected chi connectivity index (χ4v) is 2.55. The van der Waals surface area contributed by atoms with Crippen LogP contribution in [0.5, 0.6) is 5.88 Å². The average molecular weight is 275 g/mol. The van der Waals surface area contributed by atoms with Crippen molar-refractivity contribution in [2.75, 3.05) is 7.11 Å². The summed E-state index contributed by atoms with van der Waals surface area (Å²) in [6.45, 7) is 1.93. The number of aryl methyl sites for hydroxylation is 1. The van der Waals surface area contributed by atoms with Gasteiger partial charge in [0, 0.05) is 41.8 Å². The summed E-state index contributed by atoms with van der Waals surface area (Å²) in [6.07, 6.45) is 5.69. The van der Waals surface area contributed by atoms with Crippen molar-refractivity contribution in [3.8, 4) is 5.88 Å². The molecule has 0 bridgehead atoms. The van der Waals surface area contributed by atoms with Crippen molar-refractivity contribution < 1.29 is 4.74 Å². The van der Waals surface area contributed by atoms with Gasteiger partial charge in [-0.25, -0.2) is 9.97 Å². The predicted molar refractivity (Wildman–Crippen MR) is 72.4 cm³/mol. The molecule has 0 aliphatic carbocycles. The smallest absolute Gasteiger partial charge is 0.217 e. The zero-order valence-corrected chi connectivity index (χ0v) is 11.4. The summed E-state index contributed by atoms with van der Waals surface area (Å²) < 4.78 is 7.09. The Kier molecular flexibility index (Phi) is 3.12. The topological polar surface area (TPSA) is 68.1 Å². The van der Waals surface area contributed by atoms with Crippen LogP contribution in [0.25, 0.3) is 5.78 Å². The van der Waals surface area contributed by atoms with Gasteiger partial charge in [0.1, 0.15) is 0 Å². The molecule has 0 saturated heterocycles. The van der Waals surface area contributed by atoms with Gasteiger partial charge >= 0.3 is 0 Å². The molecule has 3 aromatic rings. The Morgan fingerprint density at radius 2 is 2.32 bits per heavy atom. The number of methoxy groups -OCH3 is 1. The van der Waals surface area contributed by atoms with E-state index >= 15 is 0 Å². The Morgan fingerprint density at radius 1 is 1.42 bits per heavy atom. The van der Waals surface area contributed by atoms with Crippen molar-refractivity contribution in [3.63, 3.8) is 0 Å². The van der Waals surface area contributed by atoms with E-state index < -0.39 is 0 Å². The highest BCUT2D eigenvalue weighted by molar-refractivity contribution is 7.98. The zero-order chi connectivity index (χ0) is 13.2. The first kappa shape index (κ1) is 12.0. The lowest BCUT2D eigenvalue weighted by molar-refractivity contribution is 0.391. The molecule has 6 nitrogen and oxygen atoms in total. The van der Waals surface area contributed by atoms with Crippen LogP contribution in [0.15, 0.2) is 29.8 Å². The highest BCUT2D eigenvalue weighted by Crippen LogP contribution is 2.21. The van der Waals surface area contributed by atoms with Crippen molar-refractivity contribution in [3.05, 3.63) is 36.0 Å². The maximum absolute atomic E-state index is 5.14. The quantitative estimate of drug-likeness (QED) is 0.583. The number of nitrogens with one attached hydrogen (secondary N) is 1. The van der Waals surface area contributed by atoms with Crippen LogP contribution >= 0.6 is 11.8 Å². The summed E-state index contributed by atoms with van der Waals surface area (Å²) in [4.78, 5) is 16.1. The molecule has 0 aromatic carbocycles. The van der Waals surface area contributed by atoms with Crippen LogP contribution in [0.2, 0.25) is 0 Å². The molecule has 0 saturated carbocycles. The maximum atomic E-state index is 5.14. The van der Waals surface area contributed by atoms with Crippen LogP contribution < -0.4 is 4.74 Å². The van der Waals surface area contributed by atoms with E-state index in [4.69, 9.17) is 4.74 Å². The number of nitrogens with zero attached hydrogens (tertiary/aromatic N) is 4. The van der Waals surface area contributed by atoms with Gasteiger partial charge in [-0.3, -0.25) is 4.40 Å². The van der Waals surface area contributed by atoms with Gasteiger partial charge in [-0.2, -0.15) is 4.98 Å². The molecule has 19 heavy (non-hydrogen) atoms. The SMILES string of the molecule is COc1cc(C)nc(SCc2cn3ccnc3[nH]2)n1. The summed E-state index contributed by atoms with van der Waals surface area (Å²) in [5.41, 5.74) is 1.98. The van der Waals surface area contributed by atoms with Crippen LogP contribution in [-0.4, -0.2) is 31.4 Å². The van der Waals surface area contributed by atoms with E-state index in [0.717, 1.165) is 22.9 Å². The summed E-state index contributed by atoms with van der Waals surface area (Å²) in [5.74, 6) is 2.20. The molecule has 0 aliphatic rings. The van der Waals surface area contributed by atoms with Crippen molar-refractivity contribution in [1.82, 2.24) is 24.3 Å². The second kappa shape index (κ2) is 4.93. The number of rotatable bonds is 4. The van der Waals surface area contributed by atoms with Crippen LogP contribution in [-0.2, 0) is 5.75 Å². The lowest BCUT2D eigenvalue weighted by atomic mass is 10.4. The normalized spacial score (nSPS) is 11.1. The number of hydrogen-bond donors (Lipinski definition) is 1. The Bertz CT molecular complexity index is 677. The first-order valence-electron chi connectivity index (χ1n) is 5.77. The van der Waals surface area contributed by atoms with Gasteiger partial charge in [0.05, 0.1) is 7.11 Å². The zero-order valence-electron chi connectivity index (χ0n) is 10.6. The molecule has 0 radical (unpaired) electrons. The molecule has 1 N–H and O–H groups in total. The van der Waals surface area contributed by atoms with E-state index in [9.17, 15) is 0 Å². The van der Waals surface area contributed by atoms with Crippen LogP contribution in [0.3, 0.4) is 0 Å². The van der Waals surface area contributed by atoms with Gasteiger partial charge < -0.3 is 9.72 Å². The second-order valence-electron chi connectivity index (χ2n) is 4.06. The lowest BCUT2D eigenvalue weighted by Gasteiger charge is -2.03. The molecule has 0 amide bonds. The van der Waals surface area contributed by atoms with Gasteiger partial charge in [0.25, 0.3) is 0 Å². The van der Waals surface area contributed by atoms with Crippen LogP contribution in [0, 0.1) is 6.92 Å². The number of H-pyrrole nitrogens is 1. The third-order valence-electron chi connectivity index (χ3n) is 2.61. The number of aromatic amines is 1. The fraction of sp³-hybridized carbons (Fsp3) is 0.250. The Labute approximate surface area is 114 Å². The number of ether oxygens (including phenoxy) is 1. The van der Waals surface area contributed by atoms with Crippen molar-refractivity contribution in [2.24, 2.45) is 0 Å². The molecule has 0 aliphatic heterocycles. The van der Waals surface area contributed by atoms with E-state index in [-0.39, 0.29) is 0 Å². The summed E-state index contributed by atoms with van der Waals surface area (Å²) >= 11 is 1.56. The van der Waals surface area contributed by atoms with Crippen LogP contribution in [0.4, 0.5) is 0 Å². The van der Waals surface area contributed by atoms with Crippen molar-refractivity contribution in [2.45, 2.75) is 17.8 Å². The van der Waals surface area contributed by atoms with Gasteiger partial charge in [-0.05, 0) is 6.92 Å². The Hall–Kier alpha value is -2.02. The summed E-state index contributed by atoms with van der Waals surface area (Å²) in [7, 11) is 1.61. The standard InChI is InChI=1S/C12H13N5OS/c1-8-5-10(18-2)16-12(14-8)19-7-9-6-17-4-3-13-11(17)15-9/h3-6H,7H2,1-2H3,(H,13,15). The first-order chi connectivity index (χ1) is 9.24. The highest BCUT2D eigenvalue weighted by atomic mass is 32.2. The van der Waals surface area contributed by atoms with E-state index in [0.29, 0.717) is 11.0 Å². The number of hydrogen-bond acceptors (Lipinski definition) is 5. The molecular formula is C12H13N5OS. The molecular weight excluding hydrogens is 262 g/mol. The maximum Gasteiger partial charge on any atom is 0.217 e. The third kappa shape index (κ3) is 2.55.